The van der Waals surface area contributed by atoms with Gasteiger partial charge in [-0.1, -0.05) is 49.4 Å². The number of nitrogens with zero attached hydrogens (tertiary/aromatic N) is 2. The number of rotatable bonds is 6. The van der Waals surface area contributed by atoms with Gasteiger partial charge in [0.05, 0.1) is 0 Å². The van der Waals surface area contributed by atoms with Crippen molar-refractivity contribution in [1.82, 2.24) is 9.97 Å². The third-order valence-electron chi connectivity index (χ3n) is 4.48. The monoisotopic (exact) mass is 344 g/mol. The van der Waals surface area contributed by atoms with Crippen molar-refractivity contribution >= 4 is 23.4 Å². The molecule has 4 nitrogen and oxygen atoms in total. The molecule has 24 heavy (non-hydrogen) atoms. The van der Waals surface area contributed by atoms with Gasteiger partial charge in [0.15, 0.2) is 0 Å². The Labute approximate surface area is 149 Å². The molecule has 0 amide bonds. The van der Waals surface area contributed by atoms with E-state index < -0.39 is 0 Å². The Morgan fingerprint density at radius 2 is 1.75 bits per heavy atom. The van der Waals surface area contributed by atoms with Crippen molar-refractivity contribution in [2.75, 3.05) is 17.2 Å². The summed E-state index contributed by atoms with van der Waals surface area (Å²) in [5, 5.41) is 7.65. The van der Waals surface area contributed by atoms with Gasteiger partial charge in [0.1, 0.15) is 5.82 Å². The van der Waals surface area contributed by atoms with Gasteiger partial charge in [-0.15, -0.1) is 0 Å². The molecular weight excluding hydrogens is 320 g/mol. The number of benzene rings is 1. The van der Waals surface area contributed by atoms with Gasteiger partial charge >= 0.3 is 0 Å². The summed E-state index contributed by atoms with van der Waals surface area (Å²) in [6.07, 6.45) is 10.5. The highest BCUT2D eigenvalue weighted by Gasteiger charge is 2.13. The summed E-state index contributed by atoms with van der Waals surface area (Å²) in [4.78, 5) is 8.95. The molecule has 0 atom stereocenters. The van der Waals surface area contributed by atoms with Gasteiger partial charge in [-0.05, 0) is 43.0 Å². The molecule has 2 aromatic rings. The van der Waals surface area contributed by atoms with Crippen LogP contribution in [0, 0.1) is 0 Å². The van der Waals surface area contributed by atoms with Crippen LogP contribution >= 0.6 is 11.6 Å². The molecule has 1 aromatic heterocycles. The Morgan fingerprint density at radius 1 is 1.00 bits per heavy atom. The minimum absolute atomic E-state index is 0.511. The van der Waals surface area contributed by atoms with Crippen molar-refractivity contribution < 1.29 is 0 Å². The van der Waals surface area contributed by atoms with Crippen LogP contribution < -0.4 is 10.6 Å². The lowest BCUT2D eigenvalue weighted by atomic mass is 10.1. The van der Waals surface area contributed by atoms with E-state index >= 15 is 0 Å². The van der Waals surface area contributed by atoms with Gasteiger partial charge in [-0.25, -0.2) is 4.98 Å². The van der Waals surface area contributed by atoms with Crippen LogP contribution in [-0.2, 0) is 6.42 Å². The molecule has 0 spiro atoms. The lowest BCUT2D eigenvalue weighted by molar-refractivity contribution is 0.615. The first kappa shape index (κ1) is 17.0. The second-order valence-electron chi connectivity index (χ2n) is 6.40. The number of hydrogen-bond acceptors (Lipinski definition) is 4. The average Bonchev–Trinajstić information content (AvgIpc) is 2.86. The summed E-state index contributed by atoms with van der Waals surface area (Å²) in [6, 6.07) is 10.4. The van der Waals surface area contributed by atoms with E-state index in [-0.39, 0.29) is 0 Å². The van der Waals surface area contributed by atoms with Crippen LogP contribution in [0.3, 0.4) is 0 Å². The Balaban J connectivity index is 1.50. The predicted molar refractivity (Wildman–Crippen MR) is 101 cm³/mol. The van der Waals surface area contributed by atoms with E-state index in [1.165, 1.54) is 44.1 Å². The molecule has 1 aromatic carbocycles. The maximum Gasteiger partial charge on any atom is 0.224 e. The van der Waals surface area contributed by atoms with Gasteiger partial charge in [0.25, 0.3) is 0 Å². The largest absolute Gasteiger partial charge is 0.370 e. The second kappa shape index (κ2) is 8.88. The van der Waals surface area contributed by atoms with Crippen molar-refractivity contribution in [3.63, 3.8) is 0 Å². The van der Waals surface area contributed by atoms with Gasteiger partial charge in [-0.3, -0.25) is 0 Å². The van der Waals surface area contributed by atoms with Crippen molar-refractivity contribution in [3.8, 4) is 0 Å². The van der Waals surface area contributed by atoms with Gasteiger partial charge in [0, 0.05) is 23.8 Å². The minimum Gasteiger partial charge on any atom is -0.370 e. The molecule has 2 N–H and O–H groups in total. The fourth-order valence-corrected chi connectivity index (χ4v) is 3.24. The summed E-state index contributed by atoms with van der Waals surface area (Å²) in [5.74, 6) is 1.61. The smallest absolute Gasteiger partial charge is 0.224 e. The van der Waals surface area contributed by atoms with E-state index in [2.05, 4.69) is 32.7 Å². The van der Waals surface area contributed by atoms with Crippen molar-refractivity contribution in [2.24, 2.45) is 0 Å². The lowest BCUT2D eigenvalue weighted by Gasteiger charge is -2.16. The molecule has 1 saturated carbocycles. The molecule has 0 saturated heterocycles. The quantitative estimate of drug-likeness (QED) is 0.730. The Morgan fingerprint density at radius 3 is 2.50 bits per heavy atom. The summed E-state index contributed by atoms with van der Waals surface area (Å²) in [5.41, 5.74) is 1.26. The molecule has 0 aliphatic heterocycles. The van der Waals surface area contributed by atoms with E-state index in [0.29, 0.717) is 6.04 Å². The SMILES string of the molecule is Clc1ccc(CCNc2ccnc(NC3CCCCCC3)n2)cc1. The number of nitrogens with one attached hydrogen (secondary N) is 2. The minimum atomic E-state index is 0.511. The molecule has 5 heteroatoms. The molecule has 0 bridgehead atoms. The highest BCUT2D eigenvalue weighted by atomic mass is 35.5. The van der Waals surface area contributed by atoms with E-state index in [1.807, 2.05) is 24.4 Å². The van der Waals surface area contributed by atoms with Gasteiger partial charge in [-0.2, -0.15) is 4.98 Å². The summed E-state index contributed by atoms with van der Waals surface area (Å²) in [6.45, 7) is 0.835. The second-order valence-corrected chi connectivity index (χ2v) is 6.84. The van der Waals surface area contributed by atoms with E-state index in [4.69, 9.17) is 11.6 Å². The molecule has 1 aliphatic rings. The molecule has 0 radical (unpaired) electrons. The predicted octanol–water partition coefficient (Wildman–Crippen LogP) is 4.92. The van der Waals surface area contributed by atoms with E-state index in [0.717, 1.165) is 29.8 Å². The first-order valence-electron chi connectivity index (χ1n) is 8.87. The zero-order chi connectivity index (χ0) is 16.6. The zero-order valence-corrected chi connectivity index (χ0v) is 14.7. The number of aromatic nitrogens is 2. The third-order valence-corrected chi connectivity index (χ3v) is 4.73. The highest BCUT2D eigenvalue weighted by Crippen LogP contribution is 2.20. The van der Waals surface area contributed by atoms with E-state index in [9.17, 15) is 0 Å². The Kier molecular flexibility index (Phi) is 6.30. The zero-order valence-electron chi connectivity index (χ0n) is 14.0. The lowest BCUT2D eigenvalue weighted by Crippen LogP contribution is -2.20. The molecule has 3 rings (SSSR count). The summed E-state index contributed by atoms with van der Waals surface area (Å²) >= 11 is 5.91. The number of hydrogen-bond donors (Lipinski definition) is 2. The maximum absolute atomic E-state index is 5.91. The molecule has 128 valence electrons. The third kappa shape index (κ3) is 5.38. The van der Waals surface area contributed by atoms with Crippen molar-refractivity contribution in [1.29, 1.82) is 0 Å². The van der Waals surface area contributed by atoms with Crippen LogP contribution in [0.15, 0.2) is 36.5 Å². The topological polar surface area (TPSA) is 49.8 Å². The Bertz CT molecular complexity index is 622. The molecular formula is C19H25ClN4. The summed E-state index contributed by atoms with van der Waals surface area (Å²) < 4.78 is 0. The highest BCUT2D eigenvalue weighted by molar-refractivity contribution is 6.30. The number of anilines is 2. The van der Waals surface area contributed by atoms with Crippen LogP contribution in [-0.4, -0.2) is 22.6 Å². The standard InChI is InChI=1S/C19H25ClN4/c20-16-9-7-15(8-10-16)11-13-21-18-12-14-22-19(24-18)23-17-5-3-1-2-4-6-17/h7-10,12,14,17H,1-6,11,13H2,(H2,21,22,23,24). The first-order valence-corrected chi connectivity index (χ1v) is 9.25. The fourth-order valence-electron chi connectivity index (χ4n) is 3.12. The van der Waals surface area contributed by atoms with Crippen LogP contribution in [0.5, 0.6) is 0 Å². The molecule has 1 heterocycles. The molecule has 1 aliphatic carbocycles. The van der Waals surface area contributed by atoms with Crippen LogP contribution in [0.4, 0.5) is 11.8 Å². The summed E-state index contributed by atoms with van der Waals surface area (Å²) in [7, 11) is 0. The van der Waals surface area contributed by atoms with Gasteiger partial charge in [0.2, 0.25) is 5.95 Å². The molecule has 1 fully saturated rings. The maximum atomic E-state index is 5.91. The van der Waals surface area contributed by atoms with Crippen molar-refractivity contribution in [3.05, 3.63) is 47.1 Å². The van der Waals surface area contributed by atoms with E-state index in [1.54, 1.807) is 0 Å². The normalized spacial score (nSPS) is 15.7. The number of halogens is 1. The van der Waals surface area contributed by atoms with Gasteiger partial charge < -0.3 is 10.6 Å². The van der Waals surface area contributed by atoms with Crippen LogP contribution in [0.1, 0.15) is 44.1 Å². The molecule has 0 unspecified atom stereocenters. The first-order chi connectivity index (χ1) is 11.8. The van der Waals surface area contributed by atoms with Crippen LogP contribution in [0.25, 0.3) is 0 Å². The fraction of sp³-hybridized carbons (Fsp3) is 0.474. The van der Waals surface area contributed by atoms with Crippen LogP contribution in [0.2, 0.25) is 5.02 Å². The van der Waals surface area contributed by atoms with Crippen molar-refractivity contribution in [2.45, 2.75) is 51.0 Å². The average molecular weight is 345 g/mol. The Hall–Kier alpha value is -1.81.